The van der Waals surface area contributed by atoms with Crippen molar-refractivity contribution in [2.45, 2.75) is 0 Å². The smallest absolute Gasteiger partial charge is 0.253 e. The highest BCUT2D eigenvalue weighted by Gasteiger charge is 2.18. The van der Waals surface area contributed by atoms with Gasteiger partial charge in [0.1, 0.15) is 0 Å². The van der Waals surface area contributed by atoms with E-state index >= 15 is 0 Å². The van der Waals surface area contributed by atoms with E-state index in [1.54, 1.807) is 24.3 Å². The molecule has 0 radical (unpaired) electrons. The van der Waals surface area contributed by atoms with E-state index < -0.39 is 0 Å². The Morgan fingerprint density at radius 2 is 1.81 bits per heavy atom. The van der Waals surface area contributed by atoms with E-state index in [4.69, 9.17) is 0 Å². The van der Waals surface area contributed by atoms with Gasteiger partial charge in [0, 0.05) is 49.4 Å². The van der Waals surface area contributed by atoms with Crippen LogP contribution in [0.3, 0.4) is 0 Å². The van der Waals surface area contributed by atoms with Crippen LogP contribution in [-0.2, 0) is 0 Å². The normalized spacial score (nSPS) is 15.0. The SMILES string of the molecule is O=C(c1ccc(-c2cccc[n+]2[O-])cc1)N1CCNCC1. The first-order valence-corrected chi connectivity index (χ1v) is 7.04. The van der Waals surface area contributed by atoms with Gasteiger partial charge in [-0.2, -0.15) is 4.73 Å². The number of hydrogen-bond acceptors (Lipinski definition) is 3. The lowest BCUT2D eigenvalue weighted by atomic mass is 10.1. The number of carbonyl (C=O) groups is 1. The highest BCUT2D eigenvalue weighted by atomic mass is 16.5. The first-order chi connectivity index (χ1) is 10.3. The molecule has 5 heteroatoms. The van der Waals surface area contributed by atoms with Crippen molar-refractivity contribution in [3.63, 3.8) is 0 Å². The summed E-state index contributed by atoms with van der Waals surface area (Å²) >= 11 is 0. The third kappa shape index (κ3) is 2.87. The van der Waals surface area contributed by atoms with Gasteiger partial charge in [-0.1, -0.05) is 0 Å². The molecule has 5 nitrogen and oxygen atoms in total. The molecule has 2 heterocycles. The van der Waals surface area contributed by atoms with E-state index in [0.717, 1.165) is 36.5 Å². The van der Waals surface area contributed by atoms with E-state index in [1.165, 1.54) is 6.20 Å². The molecule has 3 rings (SSSR count). The second kappa shape index (κ2) is 5.93. The minimum absolute atomic E-state index is 0.0473. The van der Waals surface area contributed by atoms with Crippen LogP contribution >= 0.6 is 0 Å². The van der Waals surface area contributed by atoms with Crippen LogP contribution in [-0.4, -0.2) is 37.0 Å². The van der Waals surface area contributed by atoms with Crippen LogP contribution in [0.4, 0.5) is 0 Å². The molecule has 21 heavy (non-hydrogen) atoms. The van der Waals surface area contributed by atoms with Gasteiger partial charge in [0.2, 0.25) is 5.69 Å². The highest BCUT2D eigenvalue weighted by Crippen LogP contribution is 2.16. The third-order valence-electron chi connectivity index (χ3n) is 3.66. The Balaban J connectivity index is 1.81. The first-order valence-electron chi connectivity index (χ1n) is 7.04. The van der Waals surface area contributed by atoms with Crippen molar-refractivity contribution >= 4 is 5.91 Å². The largest absolute Gasteiger partial charge is 0.618 e. The van der Waals surface area contributed by atoms with Crippen molar-refractivity contribution in [1.29, 1.82) is 0 Å². The minimum atomic E-state index is 0.0473. The molecule has 1 aromatic carbocycles. The van der Waals surface area contributed by atoms with Crippen LogP contribution in [0, 0.1) is 5.21 Å². The van der Waals surface area contributed by atoms with Gasteiger partial charge in [-0.3, -0.25) is 4.79 Å². The standard InChI is InChI=1S/C16H17N3O2/c20-16(18-11-8-17-9-12-18)14-6-4-13(5-7-14)15-3-1-2-10-19(15)21/h1-7,10,17H,8-9,11-12H2. The lowest BCUT2D eigenvalue weighted by molar-refractivity contribution is -0.593. The average molecular weight is 283 g/mol. The molecule has 1 amide bonds. The Labute approximate surface area is 123 Å². The lowest BCUT2D eigenvalue weighted by Crippen LogP contribution is -2.46. The number of nitrogens with zero attached hydrogens (tertiary/aromatic N) is 2. The summed E-state index contributed by atoms with van der Waals surface area (Å²) in [7, 11) is 0. The van der Waals surface area contributed by atoms with Crippen molar-refractivity contribution in [2.24, 2.45) is 0 Å². The molecule has 1 aliphatic heterocycles. The second-order valence-corrected chi connectivity index (χ2v) is 5.03. The van der Waals surface area contributed by atoms with Crippen LogP contribution in [0.2, 0.25) is 0 Å². The molecule has 0 aliphatic carbocycles. The summed E-state index contributed by atoms with van der Waals surface area (Å²) in [4.78, 5) is 14.2. The molecular formula is C16H17N3O2. The molecule has 0 bridgehead atoms. The molecule has 1 aliphatic rings. The second-order valence-electron chi connectivity index (χ2n) is 5.03. The molecule has 0 saturated carbocycles. The minimum Gasteiger partial charge on any atom is -0.618 e. The molecular weight excluding hydrogens is 266 g/mol. The maximum Gasteiger partial charge on any atom is 0.253 e. The number of amides is 1. The number of aromatic nitrogens is 1. The monoisotopic (exact) mass is 283 g/mol. The number of hydrogen-bond donors (Lipinski definition) is 1. The molecule has 1 N–H and O–H groups in total. The molecule has 1 aromatic heterocycles. The van der Waals surface area contributed by atoms with Gasteiger partial charge in [0.15, 0.2) is 6.20 Å². The Kier molecular flexibility index (Phi) is 3.83. The molecule has 1 saturated heterocycles. The molecule has 0 spiro atoms. The summed E-state index contributed by atoms with van der Waals surface area (Å²) in [6.45, 7) is 3.15. The van der Waals surface area contributed by atoms with Crippen molar-refractivity contribution in [3.8, 4) is 11.3 Å². The summed E-state index contributed by atoms with van der Waals surface area (Å²) in [5, 5.41) is 14.9. The molecule has 0 atom stereocenters. The number of pyridine rings is 1. The number of nitrogens with one attached hydrogen (secondary N) is 1. The summed E-state index contributed by atoms with van der Waals surface area (Å²) in [5.41, 5.74) is 2.05. The summed E-state index contributed by atoms with van der Waals surface area (Å²) in [6, 6.07) is 12.5. The van der Waals surface area contributed by atoms with Gasteiger partial charge in [-0.15, -0.1) is 0 Å². The molecule has 108 valence electrons. The van der Waals surface area contributed by atoms with Crippen molar-refractivity contribution < 1.29 is 9.52 Å². The molecule has 2 aromatic rings. The molecule has 0 unspecified atom stereocenters. The first kappa shape index (κ1) is 13.6. The average Bonchev–Trinajstić information content (AvgIpc) is 2.56. The number of benzene rings is 1. The summed E-state index contributed by atoms with van der Waals surface area (Å²) < 4.78 is 0.827. The van der Waals surface area contributed by atoms with Crippen LogP contribution in [0.15, 0.2) is 48.7 Å². The van der Waals surface area contributed by atoms with Gasteiger partial charge in [-0.25, -0.2) is 0 Å². The van der Waals surface area contributed by atoms with Crippen molar-refractivity contribution in [3.05, 3.63) is 59.4 Å². The number of carbonyl (C=O) groups excluding carboxylic acids is 1. The maximum atomic E-state index is 12.3. The molecule has 1 fully saturated rings. The third-order valence-corrected chi connectivity index (χ3v) is 3.66. The van der Waals surface area contributed by atoms with Gasteiger partial charge >= 0.3 is 0 Å². The van der Waals surface area contributed by atoms with Gasteiger partial charge in [0.25, 0.3) is 5.91 Å². The fourth-order valence-electron chi connectivity index (χ4n) is 2.49. The number of rotatable bonds is 2. The Hall–Kier alpha value is -2.40. The fourth-order valence-corrected chi connectivity index (χ4v) is 2.49. The van der Waals surface area contributed by atoms with Crippen LogP contribution in [0.5, 0.6) is 0 Å². The van der Waals surface area contributed by atoms with E-state index in [1.807, 2.05) is 23.1 Å². The topological polar surface area (TPSA) is 59.3 Å². The van der Waals surface area contributed by atoms with E-state index in [-0.39, 0.29) is 5.91 Å². The van der Waals surface area contributed by atoms with Gasteiger partial charge in [0.05, 0.1) is 0 Å². The van der Waals surface area contributed by atoms with E-state index in [0.29, 0.717) is 11.3 Å². The van der Waals surface area contributed by atoms with Crippen LogP contribution in [0.1, 0.15) is 10.4 Å². The zero-order valence-corrected chi connectivity index (χ0v) is 11.7. The van der Waals surface area contributed by atoms with E-state index in [9.17, 15) is 10.0 Å². The quantitative estimate of drug-likeness (QED) is 0.661. The van der Waals surface area contributed by atoms with E-state index in [2.05, 4.69) is 5.32 Å². The van der Waals surface area contributed by atoms with Crippen molar-refractivity contribution in [2.75, 3.05) is 26.2 Å². The fraction of sp³-hybridized carbons (Fsp3) is 0.250. The maximum absolute atomic E-state index is 12.3. The zero-order chi connectivity index (χ0) is 14.7. The highest BCUT2D eigenvalue weighted by molar-refractivity contribution is 5.94. The Morgan fingerprint density at radius 3 is 2.48 bits per heavy atom. The zero-order valence-electron chi connectivity index (χ0n) is 11.7. The summed E-state index contributed by atoms with van der Waals surface area (Å²) in [5.74, 6) is 0.0473. The number of piperazine rings is 1. The van der Waals surface area contributed by atoms with Crippen LogP contribution in [0.25, 0.3) is 11.3 Å². The van der Waals surface area contributed by atoms with Gasteiger partial charge in [-0.05, 0) is 30.3 Å². The lowest BCUT2D eigenvalue weighted by Gasteiger charge is -2.27. The van der Waals surface area contributed by atoms with Gasteiger partial charge < -0.3 is 15.4 Å². The van der Waals surface area contributed by atoms with Crippen molar-refractivity contribution in [1.82, 2.24) is 10.2 Å². The predicted molar refractivity (Wildman–Crippen MR) is 79.6 cm³/mol. The Bertz CT molecular complexity index is 634. The Morgan fingerprint density at radius 1 is 1.10 bits per heavy atom. The predicted octanol–water partition coefficient (Wildman–Crippen LogP) is 1.03. The van der Waals surface area contributed by atoms with Crippen LogP contribution < -0.4 is 10.0 Å². The summed E-state index contributed by atoms with van der Waals surface area (Å²) in [6.07, 6.45) is 1.47.